The van der Waals surface area contributed by atoms with Gasteiger partial charge in [0.1, 0.15) is 10.0 Å². The highest BCUT2D eigenvalue weighted by Crippen LogP contribution is 2.25. The van der Waals surface area contributed by atoms with Gasteiger partial charge >= 0.3 is 5.97 Å². The summed E-state index contributed by atoms with van der Waals surface area (Å²) < 4.78 is 41.0. The van der Waals surface area contributed by atoms with Gasteiger partial charge in [0, 0.05) is 16.6 Å². The molecule has 0 aliphatic carbocycles. The van der Waals surface area contributed by atoms with Gasteiger partial charge in [-0.25, -0.2) is 22.7 Å². The third kappa shape index (κ3) is 5.25. The number of anilines is 1. The Morgan fingerprint density at radius 3 is 2.31 bits per heavy atom. The molecular formula is C19H15FN2O5S2. The molecule has 1 atom stereocenters. The Hall–Kier alpha value is -3.08. The van der Waals surface area contributed by atoms with E-state index < -0.39 is 33.8 Å². The number of hydrogen-bond donors (Lipinski definition) is 2. The summed E-state index contributed by atoms with van der Waals surface area (Å²) >= 11 is 0.770. The fourth-order valence-corrected chi connectivity index (χ4v) is 3.96. The van der Waals surface area contributed by atoms with Crippen LogP contribution < -0.4 is 10.5 Å². The lowest BCUT2D eigenvalue weighted by molar-refractivity contribution is -0.125. The fraction of sp³-hybridized carbons (Fsp3) is 0.0526. The van der Waals surface area contributed by atoms with Crippen molar-refractivity contribution < 1.29 is 27.1 Å². The van der Waals surface area contributed by atoms with E-state index in [0.29, 0.717) is 11.3 Å². The zero-order valence-corrected chi connectivity index (χ0v) is 16.4. The number of thiophene rings is 1. The van der Waals surface area contributed by atoms with E-state index in [4.69, 9.17) is 9.88 Å². The van der Waals surface area contributed by atoms with Crippen molar-refractivity contribution in [2.75, 3.05) is 5.32 Å². The third-order valence-electron chi connectivity index (χ3n) is 3.77. The summed E-state index contributed by atoms with van der Waals surface area (Å²) in [6.45, 7) is 0. The highest BCUT2D eigenvalue weighted by Gasteiger charge is 2.27. The molecule has 1 unspecified atom stereocenters. The number of halogens is 1. The Kier molecular flexibility index (Phi) is 6.06. The molecule has 10 heteroatoms. The van der Waals surface area contributed by atoms with Crippen LogP contribution in [0, 0.1) is 5.82 Å². The van der Waals surface area contributed by atoms with Gasteiger partial charge in [-0.3, -0.25) is 4.79 Å². The maximum Gasteiger partial charge on any atom is 0.340 e. The Bertz CT molecular complexity index is 1130. The summed E-state index contributed by atoms with van der Waals surface area (Å²) in [4.78, 5) is 25.2. The smallest absolute Gasteiger partial charge is 0.340 e. The highest BCUT2D eigenvalue weighted by molar-refractivity contribution is 7.91. The Morgan fingerprint density at radius 2 is 1.72 bits per heavy atom. The molecule has 0 fully saturated rings. The molecule has 3 rings (SSSR count). The van der Waals surface area contributed by atoms with Crippen LogP contribution in [0.5, 0.6) is 0 Å². The molecule has 7 nitrogen and oxygen atoms in total. The second-order valence-corrected chi connectivity index (χ2v) is 8.59. The van der Waals surface area contributed by atoms with Gasteiger partial charge in [0.2, 0.25) is 16.1 Å². The summed E-state index contributed by atoms with van der Waals surface area (Å²) in [5, 5.41) is 8.88. The van der Waals surface area contributed by atoms with Crippen LogP contribution in [0.15, 0.2) is 70.3 Å². The van der Waals surface area contributed by atoms with Crippen LogP contribution in [0.3, 0.4) is 0 Å². The van der Waals surface area contributed by atoms with E-state index in [0.717, 1.165) is 17.4 Å². The van der Waals surface area contributed by atoms with Gasteiger partial charge in [-0.2, -0.15) is 0 Å². The molecule has 0 aliphatic heterocycles. The summed E-state index contributed by atoms with van der Waals surface area (Å²) in [7, 11) is -3.96. The number of benzene rings is 2. The molecule has 0 saturated carbocycles. The largest absolute Gasteiger partial charge is 0.444 e. The molecular weight excluding hydrogens is 419 g/mol. The highest BCUT2D eigenvalue weighted by atomic mass is 32.2. The first-order chi connectivity index (χ1) is 13.7. The van der Waals surface area contributed by atoms with Gasteiger partial charge in [0.15, 0.2) is 0 Å². The number of amides is 1. The minimum Gasteiger partial charge on any atom is -0.444 e. The molecule has 2 aromatic carbocycles. The number of esters is 1. The summed E-state index contributed by atoms with van der Waals surface area (Å²) in [5.74, 6) is -2.01. The summed E-state index contributed by atoms with van der Waals surface area (Å²) in [6, 6.07) is 14.5. The van der Waals surface area contributed by atoms with Crippen LogP contribution in [0.2, 0.25) is 0 Å². The maximum atomic E-state index is 13.1. The molecule has 0 spiro atoms. The SMILES string of the molecule is NS(=O)(=O)c1cc(C(=O)OC(C(=O)Nc2ccc(F)cc2)c2ccccc2)cs1. The predicted molar refractivity (Wildman–Crippen MR) is 105 cm³/mol. The lowest BCUT2D eigenvalue weighted by atomic mass is 10.1. The molecule has 150 valence electrons. The molecule has 1 heterocycles. The van der Waals surface area contributed by atoms with E-state index in [1.54, 1.807) is 30.3 Å². The minimum atomic E-state index is -3.96. The van der Waals surface area contributed by atoms with E-state index in [1.165, 1.54) is 29.6 Å². The second kappa shape index (κ2) is 8.52. The number of ether oxygens (including phenoxy) is 1. The van der Waals surface area contributed by atoms with Crippen molar-refractivity contribution in [3.63, 3.8) is 0 Å². The van der Waals surface area contributed by atoms with Gasteiger partial charge in [0.25, 0.3) is 5.91 Å². The molecule has 1 aromatic heterocycles. The summed E-state index contributed by atoms with van der Waals surface area (Å²) in [5.41, 5.74) is 0.678. The molecule has 29 heavy (non-hydrogen) atoms. The van der Waals surface area contributed by atoms with E-state index in [2.05, 4.69) is 5.32 Å². The normalized spacial score (nSPS) is 12.2. The van der Waals surface area contributed by atoms with Crippen LogP contribution in [-0.2, 0) is 19.6 Å². The van der Waals surface area contributed by atoms with Gasteiger partial charge in [-0.15, -0.1) is 11.3 Å². The number of nitrogens with two attached hydrogens (primary N) is 1. The second-order valence-electron chi connectivity index (χ2n) is 5.89. The Labute approximate surface area is 170 Å². The Balaban J connectivity index is 1.84. The van der Waals surface area contributed by atoms with Crippen LogP contribution in [0.4, 0.5) is 10.1 Å². The zero-order valence-electron chi connectivity index (χ0n) is 14.7. The first kappa shape index (κ1) is 20.6. The van der Waals surface area contributed by atoms with E-state index >= 15 is 0 Å². The lowest BCUT2D eigenvalue weighted by Gasteiger charge is -2.18. The van der Waals surface area contributed by atoms with Crippen LogP contribution >= 0.6 is 11.3 Å². The van der Waals surface area contributed by atoms with Crippen molar-refractivity contribution in [1.29, 1.82) is 0 Å². The van der Waals surface area contributed by atoms with Gasteiger partial charge in [-0.05, 0) is 30.3 Å². The van der Waals surface area contributed by atoms with Gasteiger partial charge in [-0.1, -0.05) is 30.3 Å². The molecule has 1 amide bonds. The van der Waals surface area contributed by atoms with E-state index in [1.807, 2.05) is 0 Å². The average molecular weight is 434 g/mol. The number of carbonyl (C=O) groups excluding carboxylic acids is 2. The fourth-order valence-electron chi connectivity index (χ4n) is 2.39. The monoisotopic (exact) mass is 434 g/mol. The number of nitrogens with one attached hydrogen (secondary N) is 1. The first-order valence-electron chi connectivity index (χ1n) is 8.18. The number of primary sulfonamides is 1. The molecule has 3 N–H and O–H groups in total. The van der Waals surface area contributed by atoms with Gasteiger partial charge < -0.3 is 10.1 Å². The minimum absolute atomic E-state index is 0.0467. The van der Waals surface area contributed by atoms with Crippen molar-refractivity contribution in [2.45, 2.75) is 10.3 Å². The molecule has 0 saturated heterocycles. The number of carbonyl (C=O) groups is 2. The topological polar surface area (TPSA) is 116 Å². The number of rotatable bonds is 6. The van der Waals surface area contributed by atoms with E-state index in [-0.39, 0.29) is 9.77 Å². The van der Waals surface area contributed by atoms with Crippen LogP contribution in [0.25, 0.3) is 0 Å². The predicted octanol–water partition coefficient (Wildman–Crippen LogP) is 3.07. The molecule has 0 radical (unpaired) electrons. The first-order valence-corrected chi connectivity index (χ1v) is 10.6. The maximum absolute atomic E-state index is 13.1. The number of hydrogen-bond acceptors (Lipinski definition) is 6. The standard InChI is InChI=1S/C19H15FN2O5S2/c20-14-6-8-15(9-7-14)22-18(23)17(12-4-2-1-3-5-12)27-19(24)13-10-16(28-11-13)29(21,25)26/h1-11,17H,(H,22,23)(H2,21,25,26). The Morgan fingerprint density at radius 1 is 1.07 bits per heavy atom. The molecule has 3 aromatic rings. The van der Waals surface area contributed by atoms with E-state index in [9.17, 15) is 22.4 Å². The zero-order chi connectivity index (χ0) is 21.0. The summed E-state index contributed by atoms with van der Waals surface area (Å²) in [6.07, 6.45) is -1.31. The van der Waals surface area contributed by atoms with Crippen molar-refractivity contribution in [1.82, 2.24) is 0 Å². The van der Waals surface area contributed by atoms with Crippen molar-refractivity contribution in [3.05, 3.63) is 83.0 Å². The lowest BCUT2D eigenvalue weighted by Crippen LogP contribution is -2.25. The van der Waals surface area contributed by atoms with Crippen LogP contribution in [-0.4, -0.2) is 20.3 Å². The van der Waals surface area contributed by atoms with Crippen LogP contribution in [0.1, 0.15) is 22.0 Å². The third-order valence-corrected chi connectivity index (χ3v) is 6.15. The van der Waals surface area contributed by atoms with Crippen molar-refractivity contribution >= 4 is 38.9 Å². The molecule has 0 aliphatic rings. The average Bonchev–Trinajstić information content (AvgIpc) is 3.19. The molecule has 0 bridgehead atoms. The van der Waals surface area contributed by atoms with Crippen molar-refractivity contribution in [2.24, 2.45) is 5.14 Å². The van der Waals surface area contributed by atoms with Gasteiger partial charge in [0.05, 0.1) is 5.56 Å². The number of sulfonamides is 1. The quantitative estimate of drug-likeness (QED) is 0.579. The van der Waals surface area contributed by atoms with Crippen molar-refractivity contribution in [3.8, 4) is 0 Å².